The highest BCUT2D eigenvalue weighted by atomic mass is 16.5. The topological polar surface area (TPSA) is 75.0 Å². The molecule has 2 aliphatic heterocycles. The normalized spacial score (nSPS) is 16.9. The van der Waals surface area contributed by atoms with Gasteiger partial charge in [0.15, 0.2) is 0 Å². The Morgan fingerprint density at radius 3 is 2.41 bits per heavy atom. The minimum Gasteiger partial charge on any atom is -0.492 e. The molecular weight excluding hydrogens is 490 g/mol. The van der Waals surface area contributed by atoms with Gasteiger partial charge in [-0.05, 0) is 23.8 Å². The van der Waals surface area contributed by atoms with Crippen LogP contribution in [-0.4, -0.2) is 93.5 Å². The van der Waals surface area contributed by atoms with Gasteiger partial charge < -0.3 is 24.5 Å². The van der Waals surface area contributed by atoms with E-state index in [1.165, 1.54) is 0 Å². The highest BCUT2D eigenvalue weighted by Crippen LogP contribution is 2.43. The third-order valence-electron chi connectivity index (χ3n) is 7.50. The van der Waals surface area contributed by atoms with Crippen LogP contribution in [-0.2, 0) is 4.74 Å². The largest absolute Gasteiger partial charge is 0.492 e. The van der Waals surface area contributed by atoms with E-state index < -0.39 is 0 Å². The van der Waals surface area contributed by atoms with Gasteiger partial charge in [-0.1, -0.05) is 42.5 Å². The fourth-order valence-electron chi connectivity index (χ4n) is 5.36. The van der Waals surface area contributed by atoms with Gasteiger partial charge in [0.2, 0.25) is 5.71 Å². The second kappa shape index (κ2) is 12.6. The van der Waals surface area contributed by atoms with Crippen LogP contribution in [0.25, 0.3) is 33.6 Å². The number of benzene rings is 2. The SMILES string of the molecule is c1ccc(-c2oc3nccc(NCCN4CCNCC4)c3c2-c2ccc(OCCN3CCOCC3)cc2)cc1. The Morgan fingerprint density at radius 2 is 1.62 bits per heavy atom. The number of anilines is 1. The van der Waals surface area contributed by atoms with E-state index in [9.17, 15) is 0 Å². The van der Waals surface area contributed by atoms with Crippen molar-refractivity contribution in [3.63, 3.8) is 0 Å². The lowest BCUT2D eigenvalue weighted by Gasteiger charge is -2.27. The molecule has 2 aliphatic rings. The Kier molecular flexibility index (Phi) is 8.35. The first kappa shape index (κ1) is 25.8. The highest BCUT2D eigenvalue weighted by Gasteiger charge is 2.21. The van der Waals surface area contributed by atoms with Crippen LogP contribution >= 0.6 is 0 Å². The van der Waals surface area contributed by atoms with Crippen LogP contribution in [0.1, 0.15) is 0 Å². The summed E-state index contributed by atoms with van der Waals surface area (Å²) < 4.78 is 17.9. The molecule has 39 heavy (non-hydrogen) atoms. The van der Waals surface area contributed by atoms with Crippen molar-refractivity contribution < 1.29 is 13.9 Å². The number of pyridine rings is 1. The first-order valence-corrected chi connectivity index (χ1v) is 14.0. The van der Waals surface area contributed by atoms with E-state index in [1.54, 1.807) is 0 Å². The van der Waals surface area contributed by atoms with Crippen LogP contribution in [0.15, 0.2) is 71.3 Å². The number of fused-ring (bicyclic) bond motifs is 1. The third kappa shape index (κ3) is 6.25. The molecule has 0 saturated carbocycles. The van der Waals surface area contributed by atoms with E-state index in [1.807, 2.05) is 24.4 Å². The number of hydrogen-bond donors (Lipinski definition) is 2. The van der Waals surface area contributed by atoms with E-state index >= 15 is 0 Å². The van der Waals surface area contributed by atoms with Crippen LogP contribution in [0.5, 0.6) is 5.75 Å². The standard InChI is InChI=1S/C31H37N5O3/c1-2-4-25(5-3-1)30-28(24-6-8-26(9-7-24)38-23-20-36-18-21-37-22-19-36)29-27(10-11-34-31(29)39-30)33-14-17-35-15-12-32-13-16-35/h1-11,32H,12-23H2,(H,33,34). The van der Waals surface area contributed by atoms with Crippen molar-refractivity contribution in [3.05, 3.63) is 66.9 Å². The van der Waals surface area contributed by atoms with Crippen LogP contribution in [0.3, 0.4) is 0 Å². The molecule has 2 saturated heterocycles. The van der Waals surface area contributed by atoms with Gasteiger partial charge in [0.25, 0.3) is 0 Å². The molecule has 2 aromatic carbocycles. The lowest BCUT2D eigenvalue weighted by Crippen LogP contribution is -2.45. The lowest BCUT2D eigenvalue weighted by atomic mass is 9.98. The summed E-state index contributed by atoms with van der Waals surface area (Å²) >= 11 is 0. The molecule has 8 nitrogen and oxygen atoms in total. The first-order valence-electron chi connectivity index (χ1n) is 14.0. The zero-order valence-electron chi connectivity index (χ0n) is 22.4. The molecule has 204 valence electrons. The predicted octanol–water partition coefficient (Wildman–Crippen LogP) is 4.19. The van der Waals surface area contributed by atoms with E-state index in [4.69, 9.17) is 13.9 Å². The summed E-state index contributed by atoms with van der Waals surface area (Å²) in [5.74, 6) is 1.70. The number of furan rings is 1. The second-order valence-corrected chi connectivity index (χ2v) is 10.1. The molecule has 2 aromatic heterocycles. The molecule has 0 unspecified atom stereocenters. The Balaban J connectivity index is 1.25. The predicted molar refractivity (Wildman–Crippen MR) is 155 cm³/mol. The molecule has 4 aromatic rings. The Hall–Kier alpha value is -3.43. The van der Waals surface area contributed by atoms with Gasteiger partial charge in [-0.2, -0.15) is 0 Å². The molecule has 0 spiro atoms. The van der Waals surface area contributed by atoms with Crippen molar-refractivity contribution in [2.75, 3.05) is 84.0 Å². The average molecular weight is 528 g/mol. The number of hydrogen-bond acceptors (Lipinski definition) is 8. The Labute approximate surface area is 229 Å². The van der Waals surface area contributed by atoms with Crippen molar-refractivity contribution >= 4 is 16.8 Å². The fraction of sp³-hybridized carbons (Fsp3) is 0.387. The molecular formula is C31H37N5O3. The van der Waals surface area contributed by atoms with Crippen molar-refractivity contribution in [1.82, 2.24) is 20.1 Å². The van der Waals surface area contributed by atoms with E-state index in [0.29, 0.717) is 12.3 Å². The first-order chi connectivity index (χ1) is 19.3. The minimum absolute atomic E-state index is 0.641. The van der Waals surface area contributed by atoms with Gasteiger partial charge in [0, 0.05) is 81.9 Å². The summed E-state index contributed by atoms with van der Waals surface area (Å²) in [5, 5.41) is 8.11. The third-order valence-corrected chi connectivity index (χ3v) is 7.50. The summed E-state index contributed by atoms with van der Waals surface area (Å²) in [6.07, 6.45) is 1.82. The maximum absolute atomic E-state index is 6.42. The van der Waals surface area contributed by atoms with Gasteiger partial charge in [-0.3, -0.25) is 9.80 Å². The smallest absolute Gasteiger partial charge is 0.229 e. The number of nitrogens with zero attached hydrogens (tertiary/aromatic N) is 3. The van der Waals surface area contributed by atoms with Crippen molar-refractivity contribution in [3.8, 4) is 28.2 Å². The van der Waals surface area contributed by atoms with Gasteiger partial charge in [0.05, 0.1) is 18.6 Å². The zero-order valence-corrected chi connectivity index (χ0v) is 22.4. The number of nitrogens with one attached hydrogen (secondary N) is 2. The van der Waals surface area contributed by atoms with Crippen LogP contribution in [0, 0.1) is 0 Å². The Morgan fingerprint density at radius 1 is 0.846 bits per heavy atom. The molecule has 6 rings (SSSR count). The maximum Gasteiger partial charge on any atom is 0.229 e. The quantitative estimate of drug-likeness (QED) is 0.318. The molecule has 4 heterocycles. The average Bonchev–Trinajstić information content (AvgIpc) is 3.40. The summed E-state index contributed by atoms with van der Waals surface area (Å²) in [7, 11) is 0. The Bertz CT molecular complexity index is 1330. The van der Waals surface area contributed by atoms with Gasteiger partial charge in [-0.15, -0.1) is 0 Å². The molecule has 0 amide bonds. The lowest BCUT2D eigenvalue weighted by molar-refractivity contribution is 0.0322. The molecule has 0 radical (unpaired) electrons. The van der Waals surface area contributed by atoms with E-state index in [2.05, 4.69) is 67.9 Å². The van der Waals surface area contributed by atoms with Crippen molar-refractivity contribution in [1.29, 1.82) is 0 Å². The fourth-order valence-corrected chi connectivity index (χ4v) is 5.36. The van der Waals surface area contributed by atoms with Crippen molar-refractivity contribution in [2.24, 2.45) is 0 Å². The summed E-state index contributed by atoms with van der Waals surface area (Å²) in [6, 6.07) is 20.7. The maximum atomic E-state index is 6.42. The minimum atomic E-state index is 0.641. The number of morpholine rings is 1. The second-order valence-electron chi connectivity index (χ2n) is 10.1. The van der Waals surface area contributed by atoms with Crippen LogP contribution < -0.4 is 15.4 Å². The van der Waals surface area contributed by atoms with Crippen molar-refractivity contribution in [2.45, 2.75) is 0 Å². The van der Waals surface area contributed by atoms with Gasteiger partial charge in [-0.25, -0.2) is 4.98 Å². The van der Waals surface area contributed by atoms with E-state index in [0.717, 1.165) is 111 Å². The molecule has 8 heteroatoms. The molecule has 0 aliphatic carbocycles. The van der Waals surface area contributed by atoms with E-state index in [-0.39, 0.29) is 0 Å². The monoisotopic (exact) mass is 527 g/mol. The summed E-state index contributed by atoms with van der Waals surface area (Å²) in [5.41, 5.74) is 4.84. The van der Waals surface area contributed by atoms with Crippen LogP contribution in [0.2, 0.25) is 0 Å². The molecule has 2 N–H and O–H groups in total. The number of aromatic nitrogens is 1. The molecule has 0 atom stereocenters. The van der Waals surface area contributed by atoms with Gasteiger partial charge >= 0.3 is 0 Å². The molecule has 0 bridgehead atoms. The number of piperazine rings is 1. The molecule has 2 fully saturated rings. The zero-order chi connectivity index (χ0) is 26.3. The van der Waals surface area contributed by atoms with Crippen LogP contribution in [0.4, 0.5) is 5.69 Å². The summed E-state index contributed by atoms with van der Waals surface area (Å²) in [4.78, 5) is 9.48. The summed E-state index contributed by atoms with van der Waals surface area (Å²) in [6.45, 7) is 11.3. The van der Waals surface area contributed by atoms with Gasteiger partial charge in [0.1, 0.15) is 18.1 Å². The highest BCUT2D eigenvalue weighted by molar-refractivity contribution is 6.06. The number of rotatable bonds is 10. The number of ether oxygens (including phenoxy) is 2.